The standard InChI is InChI=1S/C13H18N4OS2/c1-7(6-9-5-4-8(2)19-9)16-12(18)10-11(14)17-13(15-3)20-10/h4-5,7H,6,14H2,1-3H3,(H,15,17)(H,16,18). The second-order valence-corrected chi connectivity index (χ2v) is 6.95. The third-order valence-corrected chi connectivity index (χ3v) is 4.86. The Labute approximate surface area is 126 Å². The third kappa shape index (κ3) is 3.49. The van der Waals surface area contributed by atoms with Crippen LogP contribution < -0.4 is 16.4 Å². The first-order chi connectivity index (χ1) is 9.49. The summed E-state index contributed by atoms with van der Waals surface area (Å²) in [4.78, 5) is 19.2. The number of anilines is 2. The third-order valence-electron chi connectivity index (χ3n) is 2.75. The van der Waals surface area contributed by atoms with Crippen LogP contribution in [0, 0.1) is 6.92 Å². The lowest BCUT2D eigenvalue weighted by atomic mass is 10.2. The Morgan fingerprint density at radius 2 is 2.20 bits per heavy atom. The van der Waals surface area contributed by atoms with Crippen LogP contribution >= 0.6 is 22.7 Å². The molecule has 0 aliphatic rings. The maximum Gasteiger partial charge on any atom is 0.265 e. The van der Waals surface area contributed by atoms with Crippen molar-refractivity contribution in [2.75, 3.05) is 18.1 Å². The number of nitrogens with one attached hydrogen (secondary N) is 2. The van der Waals surface area contributed by atoms with Gasteiger partial charge < -0.3 is 16.4 Å². The highest BCUT2D eigenvalue weighted by molar-refractivity contribution is 7.18. The number of nitrogens with two attached hydrogens (primary N) is 1. The van der Waals surface area contributed by atoms with Gasteiger partial charge in [-0.3, -0.25) is 4.79 Å². The van der Waals surface area contributed by atoms with Gasteiger partial charge in [0.15, 0.2) is 5.13 Å². The van der Waals surface area contributed by atoms with Crippen molar-refractivity contribution < 1.29 is 4.79 Å². The molecule has 0 aliphatic carbocycles. The van der Waals surface area contributed by atoms with E-state index in [1.165, 1.54) is 21.1 Å². The zero-order valence-corrected chi connectivity index (χ0v) is 13.3. The first-order valence-electron chi connectivity index (χ1n) is 6.30. The highest BCUT2D eigenvalue weighted by Gasteiger charge is 2.17. The van der Waals surface area contributed by atoms with Gasteiger partial charge >= 0.3 is 0 Å². The van der Waals surface area contributed by atoms with Gasteiger partial charge in [0, 0.05) is 29.3 Å². The largest absolute Gasteiger partial charge is 0.382 e. The molecule has 20 heavy (non-hydrogen) atoms. The fourth-order valence-electron chi connectivity index (χ4n) is 1.84. The second kappa shape index (κ2) is 6.23. The van der Waals surface area contributed by atoms with Crippen LogP contribution in [-0.4, -0.2) is 24.0 Å². The van der Waals surface area contributed by atoms with E-state index in [0.717, 1.165) is 6.42 Å². The number of thiophene rings is 1. The summed E-state index contributed by atoms with van der Waals surface area (Å²) in [6.45, 7) is 4.07. The van der Waals surface area contributed by atoms with Crippen LogP contribution in [0.4, 0.5) is 10.9 Å². The number of thiazole rings is 1. The lowest BCUT2D eigenvalue weighted by Crippen LogP contribution is -2.33. The topological polar surface area (TPSA) is 80.0 Å². The van der Waals surface area contributed by atoms with Crippen LogP contribution in [0.15, 0.2) is 12.1 Å². The lowest BCUT2D eigenvalue weighted by molar-refractivity contribution is 0.0945. The van der Waals surface area contributed by atoms with Crippen LogP contribution in [-0.2, 0) is 6.42 Å². The van der Waals surface area contributed by atoms with Gasteiger partial charge in [0.1, 0.15) is 10.7 Å². The number of carbonyl (C=O) groups is 1. The minimum Gasteiger partial charge on any atom is -0.382 e. The number of hydrogen-bond acceptors (Lipinski definition) is 6. The summed E-state index contributed by atoms with van der Waals surface area (Å²) < 4.78 is 0. The summed E-state index contributed by atoms with van der Waals surface area (Å²) in [5.74, 6) is 0.110. The monoisotopic (exact) mass is 310 g/mol. The highest BCUT2D eigenvalue weighted by Crippen LogP contribution is 2.24. The molecule has 1 atom stereocenters. The van der Waals surface area contributed by atoms with E-state index in [1.807, 2.05) is 6.92 Å². The van der Waals surface area contributed by atoms with Crippen LogP contribution in [0.5, 0.6) is 0 Å². The van der Waals surface area contributed by atoms with Gasteiger partial charge in [0.05, 0.1) is 0 Å². The molecule has 0 radical (unpaired) electrons. The first kappa shape index (κ1) is 14.8. The van der Waals surface area contributed by atoms with E-state index in [-0.39, 0.29) is 17.8 Å². The molecule has 5 nitrogen and oxygen atoms in total. The molecule has 0 spiro atoms. The van der Waals surface area contributed by atoms with E-state index in [2.05, 4.69) is 34.7 Å². The van der Waals surface area contributed by atoms with E-state index in [1.54, 1.807) is 18.4 Å². The molecule has 2 aromatic heterocycles. The van der Waals surface area contributed by atoms with Crippen molar-refractivity contribution in [3.05, 3.63) is 26.8 Å². The Hall–Kier alpha value is -1.60. The molecule has 0 fully saturated rings. The molecular formula is C13H18N4OS2. The van der Waals surface area contributed by atoms with E-state index < -0.39 is 0 Å². The first-order valence-corrected chi connectivity index (χ1v) is 7.93. The minimum absolute atomic E-state index is 0.0556. The fourth-order valence-corrected chi connectivity index (χ4v) is 3.60. The molecule has 7 heteroatoms. The quantitative estimate of drug-likeness (QED) is 0.792. The predicted octanol–water partition coefficient (Wildman–Crippen LogP) is 2.50. The number of carbonyl (C=O) groups excluding carboxylic acids is 1. The van der Waals surface area contributed by atoms with Gasteiger partial charge in [-0.2, -0.15) is 0 Å². The Bertz CT molecular complexity index is 605. The van der Waals surface area contributed by atoms with Crippen molar-refractivity contribution in [2.45, 2.75) is 26.3 Å². The zero-order valence-electron chi connectivity index (χ0n) is 11.7. The summed E-state index contributed by atoms with van der Waals surface area (Å²) >= 11 is 3.02. The van der Waals surface area contributed by atoms with E-state index in [9.17, 15) is 4.79 Å². The normalized spacial score (nSPS) is 12.2. The van der Waals surface area contributed by atoms with Crippen molar-refractivity contribution in [1.29, 1.82) is 0 Å². The molecule has 0 bridgehead atoms. The Kier molecular flexibility index (Phi) is 4.61. The Morgan fingerprint density at radius 3 is 2.75 bits per heavy atom. The van der Waals surface area contributed by atoms with Crippen LogP contribution in [0.25, 0.3) is 0 Å². The molecular weight excluding hydrogens is 292 g/mol. The van der Waals surface area contributed by atoms with Gasteiger partial charge in [0.25, 0.3) is 5.91 Å². The van der Waals surface area contributed by atoms with Crippen molar-refractivity contribution in [2.24, 2.45) is 0 Å². The average molecular weight is 310 g/mol. The number of hydrogen-bond donors (Lipinski definition) is 3. The molecule has 2 heterocycles. The van der Waals surface area contributed by atoms with Gasteiger partial charge in [-0.1, -0.05) is 11.3 Å². The minimum atomic E-state index is -0.165. The Balaban J connectivity index is 1.98. The van der Waals surface area contributed by atoms with Crippen LogP contribution in [0.3, 0.4) is 0 Å². The Morgan fingerprint density at radius 1 is 1.45 bits per heavy atom. The van der Waals surface area contributed by atoms with Crippen molar-refractivity contribution in [3.63, 3.8) is 0 Å². The molecule has 0 saturated carbocycles. The van der Waals surface area contributed by atoms with Gasteiger partial charge in [-0.15, -0.1) is 11.3 Å². The van der Waals surface area contributed by atoms with Gasteiger partial charge in [0.2, 0.25) is 0 Å². The maximum absolute atomic E-state index is 12.2. The fraction of sp³-hybridized carbons (Fsp3) is 0.385. The maximum atomic E-state index is 12.2. The van der Waals surface area contributed by atoms with E-state index >= 15 is 0 Å². The van der Waals surface area contributed by atoms with Gasteiger partial charge in [-0.05, 0) is 26.0 Å². The van der Waals surface area contributed by atoms with Crippen LogP contribution in [0.1, 0.15) is 26.3 Å². The summed E-state index contributed by atoms with van der Waals surface area (Å²) in [7, 11) is 1.75. The van der Waals surface area contributed by atoms with E-state index in [0.29, 0.717) is 10.0 Å². The van der Waals surface area contributed by atoms with E-state index in [4.69, 9.17) is 5.73 Å². The SMILES string of the molecule is CNc1nc(N)c(C(=O)NC(C)Cc2ccc(C)s2)s1. The summed E-state index contributed by atoms with van der Waals surface area (Å²) in [5, 5.41) is 6.50. The van der Waals surface area contributed by atoms with Crippen molar-refractivity contribution in [3.8, 4) is 0 Å². The molecule has 108 valence electrons. The molecule has 0 aliphatic heterocycles. The smallest absolute Gasteiger partial charge is 0.265 e. The van der Waals surface area contributed by atoms with Gasteiger partial charge in [-0.25, -0.2) is 4.98 Å². The summed E-state index contributed by atoms with van der Waals surface area (Å²) in [5.41, 5.74) is 5.75. The number of aromatic nitrogens is 1. The molecule has 1 unspecified atom stereocenters. The molecule has 1 amide bonds. The highest BCUT2D eigenvalue weighted by atomic mass is 32.1. The van der Waals surface area contributed by atoms with Crippen molar-refractivity contribution in [1.82, 2.24) is 10.3 Å². The molecule has 2 aromatic rings. The molecule has 4 N–H and O–H groups in total. The lowest BCUT2D eigenvalue weighted by Gasteiger charge is -2.12. The summed E-state index contributed by atoms with van der Waals surface area (Å²) in [6.07, 6.45) is 0.821. The average Bonchev–Trinajstić information content (AvgIpc) is 2.95. The molecule has 0 saturated heterocycles. The molecule has 2 rings (SSSR count). The van der Waals surface area contributed by atoms with Crippen molar-refractivity contribution >= 4 is 39.5 Å². The zero-order chi connectivity index (χ0) is 14.7. The number of nitrogen functional groups attached to an aromatic ring is 1. The van der Waals surface area contributed by atoms with Crippen LogP contribution in [0.2, 0.25) is 0 Å². The second-order valence-electron chi connectivity index (χ2n) is 4.57. The number of aryl methyl sites for hydroxylation is 1. The number of amides is 1. The number of rotatable bonds is 5. The number of nitrogens with zero attached hydrogens (tertiary/aromatic N) is 1. The predicted molar refractivity (Wildman–Crippen MR) is 85.8 cm³/mol. The molecule has 0 aromatic carbocycles. The summed E-state index contributed by atoms with van der Waals surface area (Å²) in [6, 6.07) is 4.25.